The highest BCUT2D eigenvalue weighted by atomic mass is 16.5. The fraction of sp³-hybridized carbons (Fsp3) is 0.200. The molecule has 0 spiro atoms. The average Bonchev–Trinajstić information content (AvgIpc) is 2.41. The van der Waals surface area contributed by atoms with E-state index >= 15 is 0 Å². The third-order valence-electron chi connectivity index (χ3n) is 2.90. The van der Waals surface area contributed by atoms with Crippen LogP contribution in [-0.4, -0.2) is 6.54 Å². The molecule has 18 heavy (non-hydrogen) atoms. The summed E-state index contributed by atoms with van der Waals surface area (Å²) >= 11 is 0. The van der Waals surface area contributed by atoms with Crippen LogP contribution < -0.4 is 16.2 Å². The quantitative estimate of drug-likeness (QED) is 0.810. The third-order valence-corrected chi connectivity index (χ3v) is 2.90. The predicted molar refractivity (Wildman–Crippen MR) is 74.8 cm³/mol. The van der Waals surface area contributed by atoms with E-state index in [1.165, 1.54) is 5.56 Å². The summed E-state index contributed by atoms with van der Waals surface area (Å²) in [6.07, 6.45) is 0. The number of anilines is 1. The molecule has 2 rings (SSSR count). The molecule has 0 aliphatic carbocycles. The summed E-state index contributed by atoms with van der Waals surface area (Å²) in [5.74, 6) is 1.93. The highest BCUT2D eigenvalue weighted by Crippen LogP contribution is 2.25. The zero-order valence-electron chi connectivity index (χ0n) is 10.5. The molecule has 0 aliphatic heterocycles. The molecule has 0 aromatic heterocycles. The number of ether oxygens (including phenoxy) is 1. The van der Waals surface area contributed by atoms with E-state index in [2.05, 4.69) is 13.0 Å². The van der Waals surface area contributed by atoms with Gasteiger partial charge in [0.1, 0.15) is 11.5 Å². The molecule has 0 amide bonds. The van der Waals surface area contributed by atoms with Gasteiger partial charge in [0.25, 0.3) is 0 Å². The zero-order chi connectivity index (χ0) is 13.0. The fourth-order valence-corrected chi connectivity index (χ4v) is 1.69. The molecule has 1 unspecified atom stereocenters. The minimum absolute atomic E-state index is 0.333. The highest BCUT2D eigenvalue weighted by molar-refractivity contribution is 5.43. The number of benzene rings is 2. The number of hydrogen-bond acceptors (Lipinski definition) is 3. The van der Waals surface area contributed by atoms with E-state index in [1.807, 2.05) is 42.5 Å². The molecule has 0 aliphatic rings. The Hall–Kier alpha value is -2.00. The van der Waals surface area contributed by atoms with Gasteiger partial charge in [-0.05, 0) is 54.4 Å². The maximum Gasteiger partial charge on any atom is 0.127 e. The number of rotatable bonds is 4. The summed E-state index contributed by atoms with van der Waals surface area (Å²) < 4.78 is 5.77. The third kappa shape index (κ3) is 3.02. The Morgan fingerprint density at radius 2 is 1.78 bits per heavy atom. The Balaban J connectivity index is 2.16. The Morgan fingerprint density at radius 3 is 2.44 bits per heavy atom. The molecule has 2 aromatic carbocycles. The van der Waals surface area contributed by atoms with E-state index in [-0.39, 0.29) is 0 Å². The van der Waals surface area contributed by atoms with Gasteiger partial charge in [0, 0.05) is 5.69 Å². The van der Waals surface area contributed by atoms with Gasteiger partial charge in [-0.25, -0.2) is 0 Å². The monoisotopic (exact) mass is 242 g/mol. The van der Waals surface area contributed by atoms with Gasteiger partial charge >= 0.3 is 0 Å². The van der Waals surface area contributed by atoms with E-state index in [0.29, 0.717) is 12.5 Å². The minimum Gasteiger partial charge on any atom is -0.457 e. The first-order valence-corrected chi connectivity index (χ1v) is 6.02. The van der Waals surface area contributed by atoms with Crippen molar-refractivity contribution >= 4 is 5.69 Å². The lowest BCUT2D eigenvalue weighted by Crippen LogP contribution is -2.08. The van der Waals surface area contributed by atoms with Gasteiger partial charge in [0.2, 0.25) is 0 Å². The van der Waals surface area contributed by atoms with Crippen LogP contribution in [0.3, 0.4) is 0 Å². The summed E-state index contributed by atoms with van der Waals surface area (Å²) in [7, 11) is 0. The minimum atomic E-state index is 0.333. The van der Waals surface area contributed by atoms with Crippen LogP contribution in [0, 0.1) is 0 Å². The Kier molecular flexibility index (Phi) is 3.85. The normalized spacial score (nSPS) is 12.1. The van der Waals surface area contributed by atoms with Crippen LogP contribution in [0.4, 0.5) is 5.69 Å². The first kappa shape index (κ1) is 12.5. The molecule has 0 bridgehead atoms. The summed E-state index contributed by atoms with van der Waals surface area (Å²) in [5.41, 5.74) is 13.2. The van der Waals surface area contributed by atoms with Gasteiger partial charge in [-0.2, -0.15) is 0 Å². The van der Waals surface area contributed by atoms with Crippen LogP contribution in [0.5, 0.6) is 11.5 Å². The van der Waals surface area contributed by atoms with E-state index in [4.69, 9.17) is 16.2 Å². The predicted octanol–water partition coefficient (Wildman–Crippen LogP) is 3.12. The maximum atomic E-state index is 5.77. The van der Waals surface area contributed by atoms with Gasteiger partial charge in [-0.15, -0.1) is 0 Å². The van der Waals surface area contributed by atoms with Gasteiger partial charge in [-0.1, -0.05) is 19.1 Å². The molecule has 0 heterocycles. The molecule has 3 nitrogen and oxygen atoms in total. The Labute approximate surface area is 107 Å². The van der Waals surface area contributed by atoms with Crippen LogP contribution in [0.25, 0.3) is 0 Å². The van der Waals surface area contributed by atoms with E-state index < -0.39 is 0 Å². The van der Waals surface area contributed by atoms with Gasteiger partial charge in [0.05, 0.1) is 0 Å². The molecule has 0 fully saturated rings. The van der Waals surface area contributed by atoms with Crippen LogP contribution >= 0.6 is 0 Å². The van der Waals surface area contributed by atoms with Crippen LogP contribution in [-0.2, 0) is 0 Å². The topological polar surface area (TPSA) is 61.3 Å². The van der Waals surface area contributed by atoms with Gasteiger partial charge in [-0.3, -0.25) is 0 Å². The van der Waals surface area contributed by atoms with Crippen LogP contribution in [0.1, 0.15) is 18.4 Å². The molecule has 94 valence electrons. The molecule has 0 saturated carbocycles. The second kappa shape index (κ2) is 5.56. The van der Waals surface area contributed by atoms with Crippen molar-refractivity contribution in [1.29, 1.82) is 0 Å². The lowest BCUT2D eigenvalue weighted by atomic mass is 10.0. The van der Waals surface area contributed by atoms with Gasteiger partial charge in [0.15, 0.2) is 0 Å². The van der Waals surface area contributed by atoms with Crippen molar-refractivity contribution in [1.82, 2.24) is 0 Å². The average molecular weight is 242 g/mol. The molecule has 2 aromatic rings. The Morgan fingerprint density at radius 1 is 1.06 bits per heavy atom. The fourth-order valence-electron chi connectivity index (χ4n) is 1.69. The lowest BCUT2D eigenvalue weighted by Gasteiger charge is -2.11. The second-order valence-corrected chi connectivity index (χ2v) is 4.38. The number of nitrogen functional groups attached to an aromatic ring is 1. The summed E-state index contributed by atoms with van der Waals surface area (Å²) in [6.45, 7) is 2.73. The Bertz CT molecular complexity index is 508. The van der Waals surface area contributed by atoms with Crippen LogP contribution in [0.15, 0.2) is 48.5 Å². The first-order valence-electron chi connectivity index (χ1n) is 6.02. The van der Waals surface area contributed by atoms with E-state index in [9.17, 15) is 0 Å². The van der Waals surface area contributed by atoms with Crippen molar-refractivity contribution in [3.63, 3.8) is 0 Å². The van der Waals surface area contributed by atoms with Crippen molar-refractivity contribution in [2.24, 2.45) is 5.73 Å². The van der Waals surface area contributed by atoms with Crippen molar-refractivity contribution in [3.8, 4) is 11.5 Å². The van der Waals surface area contributed by atoms with E-state index in [0.717, 1.165) is 17.2 Å². The molecule has 4 N–H and O–H groups in total. The van der Waals surface area contributed by atoms with Crippen molar-refractivity contribution in [3.05, 3.63) is 54.1 Å². The van der Waals surface area contributed by atoms with Gasteiger partial charge < -0.3 is 16.2 Å². The lowest BCUT2D eigenvalue weighted by molar-refractivity contribution is 0.481. The standard InChI is InChI=1S/C15H18N2O/c1-11(10-16)12-3-2-4-15(9-12)18-14-7-5-13(17)6-8-14/h2-9,11H,10,16-17H2,1H3. The number of hydrogen-bond donors (Lipinski definition) is 2. The first-order chi connectivity index (χ1) is 8.69. The van der Waals surface area contributed by atoms with Crippen molar-refractivity contribution in [2.45, 2.75) is 12.8 Å². The summed E-state index contributed by atoms with van der Waals surface area (Å²) in [5, 5.41) is 0. The summed E-state index contributed by atoms with van der Waals surface area (Å²) in [6, 6.07) is 15.4. The molecule has 1 atom stereocenters. The van der Waals surface area contributed by atoms with Crippen LogP contribution in [0.2, 0.25) is 0 Å². The molecule has 0 saturated heterocycles. The van der Waals surface area contributed by atoms with Crippen molar-refractivity contribution in [2.75, 3.05) is 12.3 Å². The highest BCUT2D eigenvalue weighted by Gasteiger charge is 2.04. The largest absolute Gasteiger partial charge is 0.457 e. The molecular weight excluding hydrogens is 224 g/mol. The zero-order valence-corrected chi connectivity index (χ0v) is 10.5. The SMILES string of the molecule is CC(CN)c1cccc(Oc2ccc(N)cc2)c1. The molecule has 0 radical (unpaired) electrons. The molecule has 3 heteroatoms. The molecular formula is C15H18N2O. The van der Waals surface area contributed by atoms with Crippen molar-refractivity contribution < 1.29 is 4.74 Å². The van der Waals surface area contributed by atoms with E-state index in [1.54, 1.807) is 0 Å². The number of nitrogens with two attached hydrogens (primary N) is 2. The maximum absolute atomic E-state index is 5.77. The smallest absolute Gasteiger partial charge is 0.127 e. The summed E-state index contributed by atoms with van der Waals surface area (Å²) in [4.78, 5) is 0. The second-order valence-electron chi connectivity index (χ2n) is 4.38.